The molecular weight excluding hydrogens is 380 g/mol. The molecule has 1 saturated carbocycles. The summed E-state index contributed by atoms with van der Waals surface area (Å²) in [7, 11) is 0. The first-order chi connectivity index (χ1) is 14.1. The van der Waals surface area contributed by atoms with Crippen LogP contribution < -0.4 is 10.2 Å². The number of hydrogen-bond donors (Lipinski definition) is 3. The van der Waals surface area contributed by atoms with Gasteiger partial charge in [-0.3, -0.25) is 14.7 Å². The van der Waals surface area contributed by atoms with E-state index >= 15 is 0 Å². The lowest BCUT2D eigenvalue weighted by atomic mass is 9.86. The third kappa shape index (κ3) is 2.59. The lowest BCUT2D eigenvalue weighted by Gasteiger charge is -2.24. The lowest BCUT2D eigenvalue weighted by molar-refractivity contribution is -0.122. The molecule has 1 aliphatic carbocycles. The van der Waals surface area contributed by atoms with Crippen molar-refractivity contribution in [2.75, 3.05) is 10.2 Å². The second-order valence-electron chi connectivity index (χ2n) is 9.54. The Kier molecular flexibility index (Phi) is 3.73. The number of carbonyl (C=O) groups is 2. The highest BCUT2D eigenvalue weighted by Crippen LogP contribution is 2.46. The van der Waals surface area contributed by atoms with Crippen LogP contribution in [0, 0.1) is 5.41 Å². The minimum absolute atomic E-state index is 0.00748. The molecule has 8 heteroatoms. The molecule has 156 valence electrons. The molecule has 0 spiro atoms. The van der Waals surface area contributed by atoms with E-state index in [-0.39, 0.29) is 23.3 Å². The molecule has 8 nitrogen and oxygen atoms in total. The molecule has 30 heavy (non-hydrogen) atoms. The fraction of sp³-hybridized carbons (Fsp3) is 0.455. The van der Waals surface area contributed by atoms with Crippen LogP contribution in [0.3, 0.4) is 0 Å². The van der Waals surface area contributed by atoms with Crippen LogP contribution in [0.15, 0.2) is 18.3 Å². The zero-order chi connectivity index (χ0) is 21.4. The summed E-state index contributed by atoms with van der Waals surface area (Å²) in [6, 6.07) is 4.05. The topological polar surface area (TPSA) is 107 Å². The normalized spacial score (nSPS) is 18.9. The molecule has 1 aliphatic heterocycles. The van der Waals surface area contributed by atoms with Crippen molar-refractivity contribution in [2.24, 2.45) is 5.41 Å². The molecule has 1 aromatic carbocycles. The van der Waals surface area contributed by atoms with Gasteiger partial charge in [-0.2, -0.15) is 5.10 Å². The molecule has 0 saturated heterocycles. The Morgan fingerprint density at radius 2 is 1.97 bits per heavy atom. The van der Waals surface area contributed by atoms with E-state index in [1.165, 1.54) is 0 Å². The zero-order valence-electron chi connectivity index (χ0n) is 17.9. The van der Waals surface area contributed by atoms with Gasteiger partial charge in [0, 0.05) is 11.5 Å². The number of amides is 2. The van der Waals surface area contributed by atoms with Gasteiger partial charge in [-0.1, -0.05) is 6.92 Å². The van der Waals surface area contributed by atoms with Gasteiger partial charge in [0.25, 0.3) is 0 Å². The summed E-state index contributed by atoms with van der Waals surface area (Å²) in [5, 5.41) is 10.0. The molecular formula is C22H26N6O2. The van der Waals surface area contributed by atoms with E-state index in [0.29, 0.717) is 17.2 Å². The van der Waals surface area contributed by atoms with Crippen molar-refractivity contribution in [2.45, 2.75) is 58.9 Å². The third-order valence-electron chi connectivity index (χ3n) is 6.47. The van der Waals surface area contributed by atoms with Crippen LogP contribution in [0.25, 0.3) is 22.6 Å². The van der Waals surface area contributed by atoms with E-state index in [2.05, 4.69) is 20.5 Å². The number of imidazole rings is 1. The summed E-state index contributed by atoms with van der Waals surface area (Å²) in [5.74, 6) is 0.711. The van der Waals surface area contributed by atoms with Crippen molar-refractivity contribution in [3.8, 4) is 11.5 Å². The first-order valence-corrected chi connectivity index (χ1v) is 10.3. The Hall–Kier alpha value is -3.16. The number of rotatable bonds is 4. The van der Waals surface area contributed by atoms with E-state index in [1.807, 2.05) is 51.7 Å². The minimum atomic E-state index is -0.591. The molecule has 2 amide bonds. The highest BCUT2D eigenvalue weighted by molar-refractivity contribution is 6.10. The highest BCUT2D eigenvalue weighted by Gasteiger charge is 2.46. The molecule has 3 N–H and O–H groups in total. The molecule has 0 atom stereocenters. The van der Waals surface area contributed by atoms with Crippen molar-refractivity contribution in [1.82, 2.24) is 20.2 Å². The molecule has 3 heterocycles. The molecule has 0 unspecified atom stereocenters. The Labute approximate surface area is 174 Å². The quantitative estimate of drug-likeness (QED) is 0.614. The minimum Gasteiger partial charge on any atom is -0.337 e. The van der Waals surface area contributed by atoms with Gasteiger partial charge in [-0.05, 0) is 58.2 Å². The molecule has 2 aliphatic rings. The van der Waals surface area contributed by atoms with Crippen molar-refractivity contribution in [1.29, 1.82) is 0 Å². The number of hydrogen-bond acceptors (Lipinski definition) is 4. The number of H-pyrrole nitrogens is 2. The van der Waals surface area contributed by atoms with Crippen molar-refractivity contribution in [3.05, 3.63) is 23.9 Å². The maximum Gasteiger partial charge on any atom is 0.237 e. The van der Waals surface area contributed by atoms with E-state index in [4.69, 9.17) is 4.98 Å². The van der Waals surface area contributed by atoms with Crippen LogP contribution in [-0.4, -0.2) is 38.0 Å². The average molecular weight is 406 g/mol. The predicted octanol–water partition coefficient (Wildman–Crippen LogP) is 3.72. The number of fused-ring (bicyclic) bond motifs is 2. The van der Waals surface area contributed by atoms with Crippen LogP contribution in [0.5, 0.6) is 0 Å². The standard InChI is InChI=1S/C22H26N6O2/c1-11(2)28-16-9-14-13(8-12(16)21(3,4)20(28)30)24-18(25-14)17-15(10-23-27-17)26-19(29)22(5)6-7-22/h8-11H,6-7H2,1-5H3,(H,23,27)(H,24,25)(H,26,29). The van der Waals surface area contributed by atoms with Gasteiger partial charge in [0.1, 0.15) is 5.69 Å². The van der Waals surface area contributed by atoms with Crippen molar-refractivity contribution < 1.29 is 9.59 Å². The van der Waals surface area contributed by atoms with Crippen LogP contribution in [0.4, 0.5) is 11.4 Å². The first-order valence-electron chi connectivity index (χ1n) is 10.3. The molecule has 2 aromatic heterocycles. The van der Waals surface area contributed by atoms with E-state index in [9.17, 15) is 9.59 Å². The summed E-state index contributed by atoms with van der Waals surface area (Å²) in [5.41, 5.74) is 3.89. The van der Waals surface area contributed by atoms with Gasteiger partial charge in [-0.15, -0.1) is 0 Å². The predicted molar refractivity (Wildman–Crippen MR) is 115 cm³/mol. The average Bonchev–Trinajstić information content (AvgIpc) is 3.02. The largest absolute Gasteiger partial charge is 0.337 e. The Balaban J connectivity index is 1.56. The summed E-state index contributed by atoms with van der Waals surface area (Å²) in [6.07, 6.45) is 3.42. The molecule has 0 bridgehead atoms. The Morgan fingerprint density at radius 1 is 1.23 bits per heavy atom. The number of nitrogens with one attached hydrogen (secondary N) is 3. The van der Waals surface area contributed by atoms with Gasteiger partial charge >= 0.3 is 0 Å². The zero-order valence-corrected chi connectivity index (χ0v) is 17.9. The number of aromatic amines is 2. The summed E-state index contributed by atoms with van der Waals surface area (Å²) in [6.45, 7) is 9.92. The van der Waals surface area contributed by atoms with Crippen LogP contribution in [0.2, 0.25) is 0 Å². The second kappa shape index (κ2) is 5.93. The van der Waals surface area contributed by atoms with E-state index < -0.39 is 5.41 Å². The maximum absolute atomic E-state index is 13.0. The Morgan fingerprint density at radius 3 is 2.63 bits per heavy atom. The smallest absolute Gasteiger partial charge is 0.237 e. The van der Waals surface area contributed by atoms with Gasteiger partial charge in [0.15, 0.2) is 5.82 Å². The highest BCUT2D eigenvalue weighted by atomic mass is 16.2. The number of benzene rings is 1. The number of anilines is 2. The lowest BCUT2D eigenvalue weighted by Crippen LogP contribution is -2.40. The molecule has 0 radical (unpaired) electrons. The van der Waals surface area contributed by atoms with E-state index in [0.717, 1.165) is 35.1 Å². The van der Waals surface area contributed by atoms with Crippen LogP contribution >= 0.6 is 0 Å². The van der Waals surface area contributed by atoms with Crippen molar-refractivity contribution in [3.63, 3.8) is 0 Å². The summed E-state index contributed by atoms with van der Waals surface area (Å²) >= 11 is 0. The number of nitrogens with zero attached hydrogens (tertiary/aromatic N) is 3. The number of carbonyl (C=O) groups excluding carboxylic acids is 2. The van der Waals surface area contributed by atoms with Gasteiger partial charge in [0.2, 0.25) is 11.8 Å². The monoisotopic (exact) mass is 406 g/mol. The fourth-order valence-corrected chi connectivity index (χ4v) is 4.15. The Bertz CT molecular complexity index is 1200. The van der Waals surface area contributed by atoms with Gasteiger partial charge in [0.05, 0.1) is 34.0 Å². The summed E-state index contributed by atoms with van der Waals surface area (Å²) < 4.78 is 0. The van der Waals surface area contributed by atoms with Gasteiger partial charge in [-0.25, -0.2) is 4.98 Å². The van der Waals surface area contributed by atoms with Crippen molar-refractivity contribution >= 4 is 34.2 Å². The second-order valence-corrected chi connectivity index (χ2v) is 9.54. The van der Waals surface area contributed by atoms with Crippen LogP contribution in [-0.2, 0) is 15.0 Å². The van der Waals surface area contributed by atoms with Gasteiger partial charge < -0.3 is 15.2 Å². The molecule has 5 rings (SSSR count). The van der Waals surface area contributed by atoms with E-state index in [1.54, 1.807) is 6.20 Å². The fourth-order valence-electron chi connectivity index (χ4n) is 4.15. The van der Waals surface area contributed by atoms with Crippen LogP contribution in [0.1, 0.15) is 53.0 Å². The number of aromatic nitrogens is 4. The summed E-state index contributed by atoms with van der Waals surface area (Å²) in [4.78, 5) is 35.3. The SMILES string of the molecule is CC(C)N1C(=O)C(C)(C)c2cc3[nH]c(-c4[nH]ncc4NC(=O)C4(C)CC4)nc3cc21. The maximum atomic E-state index is 13.0. The molecule has 3 aromatic rings. The third-order valence-corrected chi connectivity index (χ3v) is 6.47. The molecule has 1 fully saturated rings. The first kappa shape index (κ1) is 18.8.